The highest BCUT2D eigenvalue weighted by atomic mass is 16.5. The fourth-order valence-corrected chi connectivity index (χ4v) is 1.42. The van der Waals surface area contributed by atoms with Gasteiger partial charge in [0.2, 0.25) is 0 Å². The van der Waals surface area contributed by atoms with Crippen LogP contribution in [0.5, 0.6) is 5.75 Å². The number of ether oxygens (including phenoxy) is 1. The molecule has 0 amide bonds. The van der Waals surface area contributed by atoms with E-state index in [2.05, 4.69) is 0 Å². The molecule has 0 heterocycles. The second-order valence-corrected chi connectivity index (χ2v) is 4.76. The molecule has 0 aliphatic rings. The van der Waals surface area contributed by atoms with Crippen LogP contribution in [0.4, 0.5) is 0 Å². The van der Waals surface area contributed by atoms with Crippen molar-refractivity contribution in [3.8, 4) is 5.75 Å². The normalized spacial score (nSPS) is 11.3. The first-order valence-corrected chi connectivity index (χ1v) is 5.05. The zero-order valence-corrected chi connectivity index (χ0v) is 10.0. The molecule has 2 heteroatoms. The molecule has 0 fully saturated rings. The van der Waals surface area contributed by atoms with Crippen LogP contribution in [0.2, 0.25) is 0 Å². The summed E-state index contributed by atoms with van der Waals surface area (Å²) in [6, 6.07) is 5.55. The van der Waals surface area contributed by atoms with Crippen molar-refractivity contribution in [3.63, 3.8) is 0 Å². The molecule has 0 unspecified atom stereocenters. The number of hydrogen-bond donors (Lipinski definition) is 0. The number of benzene rings is 1. The highest BCUT2D eigenvalue weighted by Gasteiger charge is 2.24. The third-order valence-corrected chi connectivity index (χ3v) is 2.36. The molecule has 0 bridgehead atoms. The molecule has 0 aliphatic carbocycles. The highest BCUT2D eigenvalue weighted by Crippen LogP contribution is 2.25. The first-order valence-electron chi connectivity index (χ1n) is 5.05. The summed E-state index contributed by atoms with van der Waals surface area (Å²) < 4.78 is 5.10. The van der Waals surface area contributed by atoms with Gasteiger partial charge in [0.05, 0.1) is 7.11 Å². The molecule has 0 radical (unpaired) electrons. The summed E-state index contributed by atoms with van der Waals surface area (Å²) in [7, 11) is 1.63. The van der Waals surface area contributed by atoms with E-state index in [0.717, 1.165) is 16.9 Å². The maximum absolute atomic E-state index is 12.0. The average Bonchev–Trinajstić information content (AvgIpc) is 2.15. The van der Waals surface area contributed by atoms with Crippen molar-refractivity contribution >= 4 is 5.78 Å². The third kappa shape index (κ3) is 2.58. The van der Waals surface area contributed by atoms with Gasteiger partial charge in [-0.1, -0.05) is 20.8 Å². The Bertz CT molecular complexity index is 373. The van der Waals surface area contributed by atoms with Crippen LogP contribution < -0.4 is 4.74 Å². The van der Waals surface area contributed by atoms with Crippen LogP contribution in [0.3, 0.4) is 0 Å². The first-order chi connectivity index (χ1) is 6.86. The number of ketones is 1. The van der Waals surface area contributed by atoms with E-state index in [1.807, 2.05) is 45.9 Å². The molecule has 0 saturated heterocycles. The van der Waals surface area contributed by atoms with Crippen molar-refractivity contribution in [2.24, 2.45) is 5.41 Å². The van der Waals surface area contributed by atoms with E-state index in [4.69, 9.17) is 4.74 Å². The lowest BCUT2D eigenvalue weighted by atomic mass is 9.85. The standard InChI is InChI=1S/C13H18O2/c1-9-8-10(15-5)6-7-11(9)12(14)13(2,3)4/h6-8H,1-5H3. The van der Waals surface area contributed by atoms with Crippen molar-refractivity contribution < 1.29 is 9.53 Å². The summed E-state index contributed by atoms with van der Waals surface area (Å²) in [5.41, 5.74) is 1.41. The summed E-state index contributed by atoms with van der Waals surface area (Å²) in [6.07, 6.45) is 0. The van der Waals surface area contributed by atoms with Crippen LogP contribution in [0.15, 0.2) is 18.2 Å². The molecule has 1 aromatic carbocycles. The Hall–Kier alpha value is -1.31. The molecule has 1 rings (SSSR count). The van der Waals surface area contributed by atoms with E-state index < -0.39 is 0 Å². The monoisotopic (exact) mass is 206 g/mol. The van der Waals surface area contributed by atoms with Crippen LogP contribution >= 0.6 is 0 Å². The molecule has 0 atom stereocenters. The minimum absolute atomic E-state index is 0.169. The second kappa shape index (κ2) is 4.05. The minimum Gasteiger partial charge on any atom is -0.497 e. The number of carbonyl (C=O) groups excluding carboxylic acids is 1. The van der Waals surface area contributed by atoms with Crippen LogP contribution in [-0.4, -0.2) is 12.9 Å². The topological polar surface area (TPSA) is 26.3 Å². The molecule has 1 aromatic rings. The minimum atomic E-state index is -0.334. The molecule has 2 nitrogen and oxygen atoms in total. The van der Waals surface area contributed by atoms with Crippen LogP contribution in [0.25, 0.3) is 0 Å². The Balaban J connectivity index is 3.12. The Morgan fingerprint density at radius 1 is 1.27 bits per heavy atom. The Labute approximate surface area is 91.3 Å². The zero-order valence-electron chi connectivity index (χ0n) is 10.0. The van der Waals surface area contributed by atoms with Crippen molar-refractivity contribution in [2.75, 3.05) is 7.11 Å². The van der Waals surface area contributed by atoms with Gasteiger partial charge in [-0.25, -0.2) is 0 Å². The lowest BCUT2D eigenvalue weighted by molar-refractivity contribution is 0.0857. The maximum atomic E-state index is 12.0. The van der Waals surface area contributed by atoms with Gasteiger partial charge in [0, 0.05) is 11.0 Å². The molecular weight excluding hydrogens is 188 g/mol. The van der Waals surface area contributed by atoms with E-state index in [1.54, 1.807) is 7.11 Å². The Morgan fingerprint density at radius 2 is 1.87 bits per heavy atom. The predicted molar refractivity (Wildman–Crippen MR) is 61.5 cm³/mol. The molecule has 0 saturated carbocycles. The summed E-state index contributed by atoms with van der Waals surface area (Å²) in [5.74, 6) is 0.959. The largest absolute Gasteiger partial charge is 0.497 e. The van der Waals surface area contributed by atoms with Crippen molar-refractivity contribution in [2.45, 2.75) is 27.7 Å². The Morgan fingerprint density at radius 3 is 2.27 bits per heavy atom. The highest BCUT2D eigenvalue weighted by molar-refractivity contribution is 6.01. The molecule has 0 spiro atoms. The second-order valence-electron chi connectivity index (χ2n) is 4.76. The number of carbonyl (C=O) groups is 1. The SMILES string of the molecule is COc1ccc(C(=O)C(C)(C)C)c(C)c1. The molecule has 0 aliphatic heterocycles. The summed E-state index contributed by atoms with van der Waals surface area (Å²) in [4.78, 5) is 12.0. The van der Waals surface area contributed by atoms with E-state index in [0.29, 0.717) is 0 Å². The zero-order chi connectivity index (χ0) is 11.6. The number of methoxy groups -OCH3 is 1. The third-order valence-electron chi connectivity index (χ3n) is 2.36. The quantitative estimate of drug-likeness (QED) is 0.694. The van der Waals surface area contributed by atoms with Crippen LogP contribution in [0.1, 0.15) is 36.7 Å². The van der Waals surface area contributed by atoms with Crippen molar-refractivity contribution in [1.82, 2.24) is 0 Å². The molecule has 15 heavy (non-hydrogen) atoms. The molecule has 82 valence electrons. The van der Waals surface area contributed by atoms with E-state index in [1.165, 1.54) is 0 Å². The van der Waals surface area contributed by atoms with E-state index in [9.17, 15) is 4.79 Å². The average molecular weight is 206 g/mol. The van der Waals surface area contributed by atoms with Gasteiger partial charge in [-0.15, -0.1) is 0 Å². The first kappa shape index (κ1) is 11.8. The van der Waals surface area contributed by atoms with Gasteiger partial charge in [0.25, 0.3) is 0 Å². The Kier molecular flexibility index (Phi) is 3.18. The lowest BCUT2D eigenvalue weighted by Crippen LogP contribution is -2.21. The van der Waals surface area contributed by atoms with Crippen LogP contribution in [0, 0.1) is 12.3 Å². The fourth-order valence-electron chi connectivity index (χ4n) is 1.42. The predicted octanol–water partition coefficient (Wildman–Crippen LogP) is 3.23. The van der Waals surface area contributed by atoms with Gasteiger partial charge in [-0.2, -0.15) is 0 Å². The number of rotatable bonds is 2. The molecule has 0 N–H and O–H groups in total. The maximum Gasteiger partial charge on any atom is 0.168 e. The number of aryl methyl sites for hydroxylation is 1. The van der Waals surface area contributed by atoms with E-state index >= 15 is 0 Å². The summed E-state index contributed by atoms with van der Waals surface area (Å²) in [5, 5.41) is 0. The lowest BCUT2D eigenvalue weighted by Gasteiger charge is -2.18. The van der Waals surface area contributed by atoms with Crippen molar-refractivity contribution in [3.05, 3.63) is 29.3 Å². The fraction of sp³-hybridized carbons (Fsp3) is 0.462. The van der Waals surface area contributed by atoms with Gasteiger partial charge in [0.15, 0.2) is 5.78 Å². The van der Waals surface area contributed by atoms with E-state index in [-0.39, 0.29) is 11.2 Å². The van der Waals surface area contributed by atoms with Gasteiger partial charge in [-0.3, -0.25) is 4.79 Å². The van der Waals surface area contributed by atoms with Crippen LogP contribution in [-0.2, 0) is 0 Å². The number of Topliss-reactive ketones (excluding diaryl/α,β-unsaturated/α-hetero) is 1. The molecular formula is C13H18O2. The summed E-state index contributed by atoms with van der Waals surface area (Å²) in [6.45, 7) is 7.72. The van der Waals surface area contributed by atoms with Gasteiger partial charge in [0.1, 0.15) is 5.75 Å². The van der Waals surface area contributed by atoms with Gasteiger partial charge in [-0.05, 0) is 30.7 Å². The number of hydrogen-bond acceptors (Lipinski definition) is 2. The molecule has 0 aromatic heterocycles. The van der Waals surface area contributed by atoms with Gasteiger partial charge >= 0.3 is 0 Å². The summed E-state index contributed by atoms with van der Waals surface area (Å²) >= 11 is 0. The van der Waals surface area contributed by atoms with Gasteiger partial charge < -0.3 is 4.74 Å². The van der Waals surface area contributed by atoms with Crippen molar-refractivity contribution in [1.29, 1.82) is 0 Å². The smallest absolute Gasteiger partial charge is 0.168 e.